The Kier molecular flexibility index (Phi) is 16.0. The van der Waals surface area contributed by atoms with Gasteiger partial charge in [0.05, 0.1) is 16.3 Å². The number of aliphatic hydroxyl groups excluding tert-OH is 1. The van der Waals surface area contributed by atoms with Crippen molar-refractivity contribution in [1.82, 2.24) is 0 Å². The monoisotopic (exact) mass is 874 g/mol. The van der Waals surface area contributed by atoms with E-state index in [0.717, 1.165) is 73.7 Å². The van der Waals surface area contributed by atoms with Crippen molar-refractivity contribution in [2.45, 2.75) is 134 Å². The molecule has 322 valence electrons. The number of allylic oxidation sites excluding steroid dienone is 3. The van der Waals surface area contributed by atoms with E-state index < -0.39 is 46.0 Å². The third-order valence-corrected chi connectivity index (χ3v) is 27.2. The highest BCUT2D eigenvalue weighted by atomic mass is 32.2. The summed E-state index contributed by atoms with van der Waals surface area (Å²) in [6.45, 7) is 16.7. The Labute approximate surface area is 366 Å². The quantitative estimate of drug-likeness (QED) is 0.0491. The van der Waals surface area contributed by atoms with E-state index in [1.807, 2.05) is 23.5 Å². The number of cyclic esters (lactones) is 2. The van der Waals surface area contributed by atoms with Crippen molar-refractivity contribution in [3.05, 3.63) is 95.6 Å². The van der Waals surface area contributed by atoms with Gasteiger partial charge in [0.15, 0.2) is 8.32 Å². The Morgan fingerprint density at radius 2 is 1.49 bits per heavy atom. The summed E-state index contributed by atoms with van der Waals surface area (Å²) in [5.74, 6) is 0.345. The van der Waals surface area contributed by atoms with Crippen LogP contribution < -0.4 is 10.4 Å². The lowest BCUT2D eigenvalue weighted by molar-refractivity contribution is -0.152. The summed E-state index contributed by atoms with van der Waals surface area (Å²) in [5, 5.41) is 15.3. The van der Waals surface area contributed by atoms with Gasteiger partial charge in [-0.2, -0.15) is 0 Å². The molecule has 1 fully saturated rings. The number of thioether (sulfide) groups is 2. The topological polar surface area (TPSA) is 82.1 Å². The number of carbonyl (C=O) groups is 2. The predicted molar refractivity (Wildman–Crippen MR) is 252 cm³/mol. The summed E-state index contributed by atoms with van der Waals surface area (Å²) in [6.07, 6.45) is 13.3. The molecule has 5 atom stereocenters. The van der Waals surface area contributed by atoms with Gasteiger partial charge in [0.25, 0.3) is 8.32 Å². The van der Waals surface area contributed by atoms with Crippen molar-refractivity contribution in [2.75, 3.05) is 24.7 Å². The van der Waals surface area contributed by atoms with E-state index >= 15 is 0 Å². The molecule has 6 nitrogen and oxygen atoms in total. The van der Waals surface area contributed by atoms with Crippen molar-refractivity contribution in [3.63, 3.8) is 0 Å². The molecule has 2 aliphatic carbocycles. The molecule has 2 aromatic carbocycles. The first kappa shape index (κ1) is 46.3. The number of hydrogen-bond donors (Lipinski definition) is 1. The number of esters is 2. The zero-order valence-electron chi connectivity index (χ0n) is 36.8. The maximum Gasteiger partial charge on any atom is 0.342 e. The lowest BCUT2D eigenvalue weighted by Gasteiger charge is -2.50. The van der Waals surface area contributed by atoms with Gasteiger partial charge in [0, 0.05) is 30.1 Å². The number of fused-ring (bicyclic) bond motifs is 3. The van der Waals surface area contributed by atoms with Gasteiger partial charge >= 0.3 is 11.9 Å². The van der Waals surface area contributed by atoms with Crippen molar-refractivity contribution >= 4 is 62.5 Å². The van der Waals surface area contributed by atoms with Crippen LogP contribution >= 0.6 is 23.5 Å². The lowest BCUT2D eigenvalue weighted by Crippen LogP contribution is -2.66. The number of rotatable bonds is 19. The standard InChI is InChI=1S/C49H70O6S2Si2/c1-8-12-13-14-15-18-24-36-33-41-44(50)42(39(36)29-30-53-59(48(5,6)7,37-25-19-16-20-26-37)38-27-21-17-22-28-38)43-40(45(51)55-46(43)52)34-49(41,47-56-31-23-32-57-47)35-54-58(9-2,10-3)11-4/h8,12,16-17,19-22,25-28,33,36,39,42,44,47,50H,9-11,13-15,18,23-24,29-32,34-35H2,1-7H3/b12-8+/t36-,39+,42+,44+,49-/m1/s1. The summed E-state index contributed by atoms with van der Waals surface area (Å²) < 4.78 is 20.4. The van der Waals surface area contributed by atoms with Gasteiger partial charge in [-0.1, -0.05) is 133 Å². The molecule has 4 aliphatic rings. The predicted octanol–water partition coefficient (Wildman–Crippen LogP) is 10.6. The third-order valence-electron chi connectivity index (χ3n) is 14.1. The van der Waals surface area contributed by atoms with Crippen LogP contribution in [-0.4, -0.2) is 69.1 Å². The van der Waals surface area contributed by atoms with Crippen LogP contribution in [0.25, 0.3) is 0 Å². The second-order valence-corrected chi connectivity index (χ2v) is 30.1. The Balaban J connectivity index is 1.46. The fourth-order valence-corrected chi connectivity index (χ4v) is 21.4. The Bertz CT molecular complexity index is 1770. The van der Waals surface area contributed by atoms with Gasteiger partial charge in [0.2, 0.25) is 0 Å². The highest BCUT2D eigenvalue weighted by molar-refractivity contribution is 8.17. The maximum atomic E-state index is 14.1. The molecular formula is C49H70O6S2Si2. The molecular weight excluding hydrogens is 805 g/mol. The Hall–Kier alpha value is -2.19. The molecule has 0 aromatic heterocycles. The fourth-order valence-electron chi connectivity index (χ4n) is 10.7. The minimum absolute atomic E-state index is 0.0849. The molecule has 0 radical (unpaired) electrons. The number of unbranched alkanes of at least 4 members (excludes halogenated alkanes) is 3. The average Bonchev–Trinajstić information content (AvgIpc) is 3.48. The molecule has 2 aliphatic heterocycles. The van der Waals surface area contributed by atoms with Crippen LogP contribution in [-0.2, 0) is 23.2 Å². The van der Waals surface area contributed by atoms with E-state index in [1.165, 1.54) is 10.4 Å². The van der Waals surface area contributed by atoms with Gasteiger partial charge in [-0.05, 0) is 108 Å². The van der Waals surface area contributed by atoms with Crippen molar-refractivity contribution in [1.29, 1.82) is 0 Å². The Morgan fingerprint density at radius 3 is 2.07 bits per heavy atom. The molecule has 1 N–H and O–H groups in total. The van der Waals surface area contributed by atoms with E-state index in [-0.39, 0.29) is 21.5 Å². The van der Waals surface area contributed by atoms with Crippen LogP contribution in [0.15, 0.2) is 95.6 Å². The van der Waals surface area contributed by atoms with Crippen LogP contribution in [0.3, 0.4) is 0 Å². The number of benzene rings is 2. The first-order valence-corrected chi connectivity index (χ1v) is 29.1. The Morgan fingerprint density at radius 1 is 0.864 bits per heavy atom. The van der Waals surface area contributed by atoms with Gasteiger partial charge in [-0.25, -0.2) is 9.59 Å². The third kappa shape index (κ3) is 9.45. The highest BCUT2D eigenvalue weighted by Gasteiger charge is 2.59. The lowest BCUT2D eigenvalue weighted by atomic mass is 9.63. The average molecular weight is 875 g/mol. The van der Waals surface area contributed by atoms with Crippen molar-refractivity contribution < 1.29 is 28.3 Å². The zero-order chi connectivity index (χ0) is 42.3. The number of aliphatic hydroxyl groups is 1. The maximum absolute atomic E-state index is 14.1. The number of carbonyl (C=O) groups excluding carboxylic acids is 2. The molecule has 10 heteroatoms. The van der Waals surface area contributed by atoms with E-state index in [9.17, 15) is 14.7 Å². The highest BCUT2D eigenvalue weighted by Crippen LogP contribution is 2.60. The summed E-state index contributed by atoms with van der Waals surface area (Å²) in [6, 6.07) is 24.5. The minimum atomic E-state index is -2.86. The molecule has 2 aromatic rings. The van der Waals surface area contributed by atoms with E-state index in [1.54, 1.807) is 0 Å². The molecule has 0 saturated carbocycles. The van der Waals surface area contributed by atoms with Crippen LogP contribution in [0, 0.1) is 23.2 Å². The van der Waals surface area contributed by atoms with E-state index in [4.69, 9.17) is 13.6 Å². The molecule has 1 saturated heterocycles. The summed E-state index contributed by atoms with van der Waals surface area (Å²) in [5.41, 5.74) is 1.24. The van der Waals surface area contributed by atoms with Crippen LogP contribution in [0.4, 0.5) is 0 Å². The molecule has 2 heterocycles. The largest absolute Gasteiger partial charge is 0.416 e. The van der Waals surface area contributed by atoms with Gasteiger partial charge in [0.1, 0.15) is 0 Å². The first-order chi connectivity index (χ1) is 28.4. The molecule has 0 spiro atoms. The second kappa shape index (κ2) is 20.3. The number of ether oxygens (including phenoxy) is 1. The van der Waals surface area contributed by atoms with Gasteiger partial charge in [-0.3, -0.25) is 0 Å². The van der Waals surface area contributed by atoms with Gasteiger partial charge < -0.3 is 18.7 Å². The molecule has 59 heavy (non-hydrogen) atoms. The fraction of sp³-hybridized carbons (Fsp3) is 0.592. The van der Waals surface area contributed by atoms with Crippen molar-refractivity contribution in [2.24, 2.45) is 23.2 Å². The van der Waals surface area contributed by atoms with Crippen molar-refractivity contribution in [3.8, 4) is 0 Å². The number of hydrogen-bond acceptors (Lipinski definition) is 8. The molecule has 2 bridgehead atoms. The SMILES string of the molecule is C/C=C/CCCCC[C@@H]1C=C2[C@H](O)[C@H](C3=C(C[C@]2(CO[Si](CC)(CC)CC)C2SCCCS2)C(=O)OC3=O)[C@H]1CCO[Si](c1ccccc1)(c1ccccc1)C(C)(C)C. The molecule has 0 amide bonds. The minimum Gasteiger partial charge on any atom is -0.416 e. The summed E-state index contributed by atoms with van der Waals surface area (Å²) in [7, 11) is -4.93. The van der Waals surface area contributed by atoms with Crippen LogP contribution in [0.1, 0.15) is 99.8 Å². The second-order valence-electron chi connectivity index (χ2n) is 18.3. The normalized spacial score (nSPS) is 25.6. The molecule has 0 unspecified atom stereocenters. The van der Waals surface area contributed by atoms with Gasteiger partial charge in [-0.15, -0.1) is 23.5 Å². The first-order valence-electron chi connectivity index (χ1n) is 22.5. The summed E-state index contributed by atoms with van der Waals surface area (Å²) >= 11 is 3.89. The van der Waals surface area contributed by atoms with E-state index in [2.05, 4.69) is 127 Å². The van der Waals surface area contributed by atoms with E-state index in [0.29, 0.717) is 37.2 Å². The zero-order valence-corrected chi connectivity index (χ0v) is 40.4. The summed E-state index contributed by atoms with van der Waals surface area (Å²) in [4.78, 5) is 28.1. The van der Waals surface area contributed by atoms with Crippen LogP contribution in [0.2, 0.25) is 23.2 Å². The molecule has 6 rings (SSSR count). The smallest absolute Gasteiger partial charge is 0.342 e. The van der Waals surface area contributed by atoms with Crippen LogP contribution in [0.5, 0.6) is 0 Å².